The molecule has 0 radical (unpaired) electrons. The average Bonchev–Trinajstić information content (AvgIpc) is 2.85. The monoisotopic (exact) mass is 478 g/mol. The van der Waals surface area contributed by atoms with Gasteiger partial charge in [-0.3, -0.25) is 9.59 Å². The van der Waals surface area contributed by atoms with Crippen LogP contribution >= 0.6 is 0 Å². The zero-order valence-corrected chi connectivity index (χ0v) is 19.8. The molecular formula is C26H30N4O5. The smallest absolute Gasteiger partial charge is 0.273 e. The van der Waals surface area contributed by atoms with Crippen LogP contribution in [-0.4, -0.2) is 48.0 Å². The van der Waals surface area contributed by atoms with Crippen molar-refractivity contribution in [1.82, 2.24) is 20.5 Å². The van der Waals surface area contributed by atoms with E-state index in [4.69, 9.17) is 14.2 Å². The number of H-pyrrole nitrogens is 1. The molecular weight excluding hydrogens is 448 g/mol. The lowest BCUT2D eigenvalue weighted by atomic mass is 9.86. The van der Waals surface area contributed by atoms with E-state index in [1.165, 1.54) is 19.3 Å². The lowest BCUT2D eigenvalue weighted by molar-refractivity contribution is -0.121. The Labute approximate surface area is 203 Å². The van der Waals surface area contributed by atoms with E-state index >= 15 is 0 Å². The molecule has 1 fully saturated rings. The van der Waals surface area contributed by atoms with Crippen molar-refractivity contribution in [2.24, 2.45) is 5.92 Å². The highest BCUT2D eigenvalue weighted by Gasteiger charge is 2.19. The van der Waals surface area contributed by atoms with E-state index in [1.54, 1.807) is 13.2 Å². The number of nitrogens with one attached hydrogen (secondary N) is 2. The van der Waals surface area contributed by atoms with Gasteiger partial charge in [-0.2, -0.15) is 0 Å². The van der Waals surface area contributed by atoms with E-state index in [2.05, 4.69) is 20.5 Å². The minimum atomic E-state index is -0.375. The summed E-state index contributed by atoms with van der Waals surface area (Å²) >= 11 is 0. The lowest BCUT2D eigenvalue weighted by Gasteiger charge is -2.25. The van der Waals surface area contributed by atoms with Crippen molar-refractivity contribution in [3.8, 4) is 28.6 Å². The van der Waals surface area contributed by atoms with Crippen LogP contribution in [0.15, 0.2) is 53.3 Å². The van der Waals surface area contributed by atoms with Crippen molar-refractivity contribution < 1.29 is 19.0 Å². The van der Waals surface area contributed by atoms with Crippen molar-refractivity contribution in [2.75, 3.05) is 26.9 Å². The van der Waals surface area contributed by atoms with Gasteiger partial charge in [0.1, 0.15) is 18.1 Å². The highest BCUT2D eigenvalue weighted by atomic mass is 16.5. The summed E-state index contributed by atoms with van der Waals surface area (Å²) in [5.41, 5.74) is 0.487. The first-order valence-electron chi connectivity index (χ1n) is 11.8. The molecule has 1 heterocycles. The van der Waals surface area contributed by atoms with Crippen molar-refractivity contribution in [1.29, 1.82) is 0 Å². The van der Waals surface area contributed by atoms with E-state index in [1.807, 2.05) is 42.5 Å². The standard InChI is InChI=1S/C26H30N4O5/c1-33-23-16-19(10-12-22(23)35-17-18-6-5-7-18)25-28-26(32)21(29-30-25)11-13-24(31)27-14-15-34-20-8-3-2-4-9-20/h2-4,8-10,12,16,18H,5-7,11,13-15,17H2,1H3,(H,27,31)(H,28,30,32). The van der Waals surface area contributed by atoms with E-state index in [0.29, 0.717) is 48.6 Å². The van der Waals surface area contributed by atoms with Gasteiger partial charge >= 0.3 is 0 Å². The van der Waals surface area contributed by atoms with Gasteiger partial charge in [-0.15, -0.1) is 10.2 Å². The van der Waals surface area contributed by atoms with Crippen molar-refractivity contribution >= 4 is 5.91 Å². The first-order valence-corrected chi connectivity index (χ1v) is 11.8. The quantitative estimate of drug-likeness (QED) is 0.384. The van der Waals surface area contributed by atoms with Crippen LogP contribution in [0.3, 0.4) is 0 Å². The lowest BCUT2D eigenvalue weighted by Crippen LogP contribution is -2.29. The number of hydrogen-bond donors (Lipinski definition) is 2. The van der Waals surface area contributed by atoms with Crippen molar-refractivity contribution in [3.63, 3.8) is 0 Å². The van der Waals surface area contributed by atoms with E-state index in [0.717, 1.165) is 5.75 Å². The number of ether oxygens (including phenoxy) is 3. The summed E-state index contributed by atoms with van der Waals surface area (Å²) in [6, 6.07) is 14.8. The van der Waals surface area contributed by atoms with Crippen molar-refractivity contribution in [2.45, 2.75) is 32.1 Å². The normalized spacial score (nSPS) is 13.1. The van der Waals surface area contributed by atoms with Crippen LogP contribution in [0.2, 0.25) is 0 Å². The van der Waals surface area contributed by atoms with Gasteiger partial charge < -0.3 is 24.5 Å². The molecule has 0 saturated heterocycles. The molecule has 4 rings (SSSR count). The molecule has 3 aromatic rings. The Morgan fingerprint density at radius 3 is 2.63 bits per heavy atom. The van der Waals surface area contributed by atoms with E-state index in [-0.39, 0.29) is 30.0 Å². The summed E-state index contributed by atoms with van der Waals surface area (Å²) < 4.78 is 16.9. The third-order valence-corrected chi connectivity index (χ3v) is 5.93. The number of methoxy groups -OCH3 is 1. The SMILES string of the molecule is COc1cc(-c2nnc(CCC(=O)NCCOc3ccccc3)c(=O)[nH]2)ccc1OCC1CCC1. The molecule has 2 N–H and O–H groups in total. The molecule has 0 aliphatic heterocycles. The van der Waals surface area contributed by atoms with Crippen LogP contribution in [-0.2, 0) is 11.2 Å². The zero-order chi connectivity index (χ0) is 24.5. The number of amides is 1. The Balaban J connectivity index is 1.27. The summed E-state index contributed by atoms with van der Waals surface area (Å²) in [4.78, 5) is 27.4. The summed E-state index contributed by atoms with van der Waals surface area (Å²) in [6.45, 7) is 1.41. The molecule has 1 amide bonds. The number of para-hydroxylation sites is 1. The maximum Gasteiger partial charge on any atom is 0.273 e. The summed E-state index contributed by atoms with van der Waals surface area (Å²) in [5.74, 6) is 2.73. The Morgan fingerprint density at radius 2 is 1.91 bits per heavy atom. The molecule has 1 aliphatic carbocycles. The Kier molecular flexibility index (Phi) is 8.32. The largest absolute Gasteiger partial charge is 0.493 e. The number of carbonyl (C=O) groups is 1. The van der Waals surface area contributed by atoms with Gasteiger partial charge in [0.2, 0.25) is 5.91 Å². The number of carbonyl (C=O) groups excluding carboxylic acids is 1. The molecule has 1 aliphatic rings. The Morgan fingerprint density at radius 1 is 1.09 bits per heavy atom. The molecule has 1 aromatic heterocycles. The molecule has 0 bridgehead atoms. The minimum Gasteiger partial charge on any atom is -0.493 e. The molecule has 2 aromatic carbocycles. The second kappa shape index (κ2) is 12.0. The second-order valence-electron chi connectivity index (χ2n) is 8.43. The number of hydrogen-bond acceptors (Lipinski definition) is 7. The van der Waals surface area contributed by atoms with Gasteiger partial charge in [-0.25, -0.2) is 0 Å². The molecule has 9 heteroatoms. The fourth-order valence-electron chi connectivity index (χ4n) is 3.65. The van der Waals surface area contributed by atoms with Crippen LogP contribution in [0.5, 0.6) is 17.2 Å². The summed E-state index contributed by atoms with van der Waals surface area (Å²) in [7, 11) is 1.58. The highest BCUT2D eigenvalue weighted by molar-refractivity contribution is 5.76. The van der Waals surface area contributed by atoms with Gasteiger partial charge in [-0.05, 0) is 49.1 Å². The van der Waals surface area contributed by atoms with Gasteiger partial charge in [0.05, 0.1) is 20.3 Å². The fraction of sp³-hybridized carbons (Fsp3) is 0.385. The third-order valence-electron chi connectivity index (χ3n) is 5.93. The van der Waals surface area contributed by atoms with Crippen LogP contribution in [0.4, 0.5) is 0 Å². The molecule has 35 heavy (non-hydrogen) atoms. The Bertz CT molecular complexity index is 1180. The van der Waals surface area contributed by atoms with Gasteiger partial charge in [0.25, 0.3) is 5.56 Å². The topological polar surface area (TPSA) is 115 Å². The Hall–Kier alpha value is -3.88. The first kappa shape index (κ1) is 24.3. The maximum atomic E-state index is 12.5. The third kappa shape index (κ3) is 6.81. The van der Waals surface area contributed by atoms with Gasteiger partial charge in [-0.1, -0.05) is 24.6 Å². The fourth-order valence-corrected chi connectivity index (χ4v) is 3.65. The summed E-state index contributed by atoms with van der Waals surface area (Å²) in [6.07, 6.45) is 3.98. The first-order chi connectivity index (χ1) is 17.1. The molecule has 9 nitrogen and oxygen atoms in total. The van der Waals surface area contributed by atoms with Crippen LogP contribution < -0.4 is 25.1 Å². The van der Waals surface area contributed by atoms with Crippen LogP contribution in [0.1, 0.15) is 31.4 Å². The number of rotatable bonds is 12. The van der Waals surface area contributed by atoms with Gasteiger partial charge in [0, 0.05) is 18.4 Å². The maximum absolute atomic E-state index is 12.5. The van der Waals surface area contributed by atoms with Crippen LogP contribution in [0, 0.1) is 5.92 Å². The number of nitrogens with zero attached hydrogens (tertiary/aromatic N) is 2. The predicted octanol–water partition coefficient (Wildman–Crippen LogP) is 3.15. The number of aromatic amines is 1. The molecule has 0 unspecified atom stereocenters. The molecule has 0 spiro atoms. The highest BCUT2D eigenvalue weighted by Crippen LogP contribution is 2.33. The van der Waals surface area contributed by atoms with E-state index < -0.39 is 0 Å². The predicted molar refractivity (Wildman–Crippen MR) is 131 cm³/mol. The van der Waals surface area contributed by atoms with Crippen LogP contribution in [0.25, 0.3) is 11.4 Å². The molecule has 184 valence electrons. The molecule has 0 atom stereocenters. The van der Waals surface area contributed by atoms with E-state index in [9.17, 15) is 9.59 Å². The molecule has 1 saturated carbocycles. The number of benzene rings is 2. The second-order valence-corrected chi connectivity index (χ2v) is 8.43. The minimum absolute atomic E-state index is 0.128. The number of aryl methyl sites for hydroxylation is 1. The average molecular weight is 479 g/mol. The van der Waals surface area contributed by atoms with Gasteiger partial charge in [0.15, 0.2) is 17.3 Å². The zero-order valence-electron chi connectivity index (χ0n) is 19.8. The summed E-state index contributed by atoms with van der Waals surface area (Å²) in [5, 5.41) is 11.0. The number of aromatic nitrogens is 3. The van der Waals surface area contributed by atoms with Crippen molar-refractivity contribution in [3.05, 3.63) is 64.6 Å².